The van der Waals surface area contributed by atoms with Crippen LogP contribution in [0.25, 0.3) is 10.9 Å². The molecule has 4 rings (SSSR count). The number of aromatic nitrogens is 1. The molecule has 27 heavy (non-hydrogen) atoms. The van der Waals surface area contributed by atoms with Gasteiger partial charge in [-0.15, -0.1) is 0 Å². The van der Waals surface area contributed by atoms with E-state index in [0.717, 1.165) is 61.2 Å². The largest absolute Gasteiger partial charge is 0.379 e. The molecule has 0 spiro atoms. The van der Waals surface area contributed by atoms with Gasteiger partial charge in [-0.2, -0.15) is 0 Å². The van der Waals surface area contributed by atoms with Gasteiger partial charge in [0.05, 0.1) is 18.7 Å². The average molecular weight is 434 g/mol. The lowest BCUT2D eigenvalue weighted by molar-refractivity contribution is 0.0374. The summed E-state index contributed by atoms with van der Waals surface area (Å²) in [6.07, 6.45) is 3.47. The summed E-state index contributed by atoms with van der Waals surface area (Å²) in [6, 6.07) is 4.13. The maximum Gasteiger partial charge on any atom is 0.256 e. The van der Waals surface area contributed by atoms with Crippen LogP contribution in [0.15, 0.2) is 27.6 Å². The molecule has 3 heterocycles. The zero-order valence-corrected chi connectivity index (χ0v) is 17.0. The normalized spacial score (nSPS) is 19.6. The van der Waals surface area contributed by atoms with Crippen molar-refractivity contribution in [3.8, 4) is 0 Å². The third kappa shape index (κ3) is 3.68. The van der Waals surface area contributed by atoms with Crippen LogP contribution in [0.2, 0.25) is 0 Å². The fraction of sp³-hybridized carbons (Fsp3) is 0.500. The number of pyridine rings is 1. The highest BCUT2D eigenvalue weighted by Crippen LogP contribution is 2.33. The summed E-state index contributed by atoms with van der Waals surface area (Å²) in [4.78, 5) is 27.9. The zero-order valence-electron chi connectivity index (χ0n) is 15.5. The Bertz CT molecular complexity index is 934. The van der Waals surface area contributed by atoms with Crippen molar-refractivity contribution < 1.29 is 9.53 Å². The third-order valence-electron chi connectivity index (χ3n) is 5.44. The molecule has 0 unspecified atom stereocenters. The molecule has 2 aliphatic rings. The number of carbonyl (C=O) groups is 1. The Morgan fingerprint density at radius 1 is 1.33 bits per heavy atom. The zero-order chi connectivity index (χ0) is 19.0. The van der Waals surface area contributed by atoms with E-state index >= 15 is 0 Å². The second-order valence-electron chi connectivity index (χ2n) is 7.36. The maximum atomic E-state index is 12.9. The van der Waals surface area contributed by atoms with Gasteiger partial charge in [0.15, 0.2) is 0 Å². The van der Waals surface area contributed by atoms with Crippen molar-refractivity contribution in [1.29, 1.82) is 0 Å². The topological polar surface area (TPSA) is 63.6 Å². The number of amides is 1. The number of nitrogens with one attached hydrogen (secondary N) is 1. The maximum absolute atomic E-state index is 12.9. The molecule has 2 aromatic rings. The molecular formula is C20H24BrN3O3. The van der Waals surface area contributed by atoms with E-state index in [9.17, 15) is 9.59 Å². The van der Waals surface area contributed by atoms with E-state index in [1.807, 2.05) is 6.07 Å². The SMILES string of the molecule is C[C@H]1Cc2cc(Br)cc3c(=O)c(C(=O)NCCCN4CCOCC4)cn1c23. The summed E-state index contributed by atoms with van der Waals surface area (Å²) >= 11 is 3.49. The van der Waals surface area contributed by atoms with Crippen LogP contribution in [0.5, 0.6) is 0 Å². The number of nitrogens with zero attached hydrogens (tertiary/aromatic N) is 2. The summed E-state index contributed by atoms with van der Waals surface area (Å²) in [5.41, 5.74) is 2.15. The Labute approximate surface area is 166 Å². The van der Waals surface area contributed by atoms with Gasteiger partial charge in [0.1, 0.15) is 5.56 Å². The Kier molecular flexibility index (Phi) is 5.34. The first-order valence-electron chi connectivity index (χ1n) is 9.50. The highest BCUT2D eigenvalue weighted by atomic mass is 79.9. The van der Waals surface area contributed by atoms with Crippen molar-refractivity contribution in [2.45, 2.75) is 25.8 Å². The van der Waals surface area contributed by atoms with E-state index in [-0.39, 0.29) is 22.9 Å². The summed E-state index contributed by atoms with van der Waals surface area (Å²) in [7, 11) is 0. The lowest BCUT2D eigenvalue weighted by atomic mass is 10.1. The molecule has 6 nitrogen and oxygen atoms in total. The number of rotatable bonds is 5. The monoisotopic (exact) mass is 433 g/mol. The molecule has 0 aliphatic carbocycles. The van der Waals surface area contributed by atoms with E-state index in [1.165, 1.54) is 0 Å². The van der Waals surface area contributed by atoms with Crippen LogP contribution >= 0.6 is 15.9 Å². The van der Waals surface area contributed by atoms with Gasteiger partial charge in [-0.05, 0) is 44.0 Å². The molecule has 0 bridgehead atoms. The quantitative estimate of drug-likeness (QED) is 0.734. The van der Waals surface area contributed by atoms with Gasteiger partial charge in [0, 0.05) is 41.7 Å². The number of morpholine rings is 1. The fourth-order valence-electron chi connectivity index (χ4n) is 4.05. The van der Waals surface area contributed by atoms with Gasteiger partial charge >= 0.3 is 0 Å². The van der Waals surface area contributed by atoms with Crippen LogP contribution in [0.1, 0.15) is 35.3 Å². The highest BCUT2D eigenvalue weighted by molar-refractivity contribution is 9.10. The third-order valence-corrected chi connectivity index (χ3v) is 5.90. The molecule has 1 saturated heterocycles. The Morgan fingerprint density at radius 3 is 2.89 bits per heavy atom. The van der Waals surface area contributed by atoms with Crippen LogP contribution < -0.4 is 10.7 Å². The van der Waals surface area contributed by atoms with Crippen molar-refractivity contribution in [3.63, 3.8) is 0 Å². The second-order valence-corrected chi connectivity index (χ2v) is 8.27. The minimum Gasteiger partial charge on any atom is -0.379 e. The smallest absolute Gasteiger partial charge is 0.256 e. The summed E-state index contributed by atoms with van der Waals surface area (Å²) in [5, 5.41) is 3.54. The van der Waals surface area contributed by atoms with Gasteiger partial charge in [-0.3, -0.25) is 14.5 Å². The summed E-state index contributed by atoms with van der Waals surface area (Å²) < 4.78 is 8.29. The van der Waals surface area contributed by atoms with Crippen LogP contribution in [0, 0.1) is 0 Å². The molecule has 2 aliphatic heterocycles. The molecule has 1 aromatic heterocycles. The van der Waals surface area contributed by atoms with Crippen molar-refractivity contribution >= 4 is 32.7 Å². The molecule has 144 valence electrons. The first-order chi connectivity index (χ1) is 13.0. The van der Waals surface area contributed by atoms with Crippen LogP contribution in [-0.2, 0) is 11.2 Å². The number of hydrogen-bond acceptors (Lipinski definition) is 4. The van der Waals surface area contributed by atoms with Crippen LogP contribution in [0.3, 0.4) is 0 Å². The van der Waals surface area contributed by atoms with Crippen molar-refractivity contribution in [2.24, 2.45) is 0 Å². The number of halogens is 1. The first-order valence-corrected chi connectivity index (χ1v) is 10.3. The molecule has 1 atom stereocenters. The van der Waals surface area contributed by atoms with Crippen LogP contribution in [0.4, 0.5) is 0 Å². The van der Waals surface area contributed by atoms with Gasteiger partial charge in [-0.25, -0.2) is 0 Å². The highest BCUT2D eigenvalue weighted by Gasteiger charge is 2.25. The molecule has 7 heteroatoms. The Morgan fingerprint density at radius 2 is 2.11 bits per heavy atom. The van der Waals surface area contributed by atoms with E-state index in [0.29, 0.717) is 11.9 Å². The standard InChI is InChI=1S/C20H24BrN3O3/c1-13-9-14-10-15(21)11-16-18(14)24(13)12-17(19(16)25)20(26)22-3-2-4-23-5-7-27-8-6-23/h10-13H,2-9H2,1H3,(H,22,26)/t13-/m0/s1. The van der Waals surface area contributed by atoms with E-state index in [2.05, 4.69) is 43.7 Å². The van der Waals surface area contributed by atoms with Crippen LogP contribution in [-0.4, -0.2) is 54.8 Å². The van der Waals surface area contributed by atoms with Crippen molar-refractivity contribution in [2.75, 3.05) is 39.4 Å². The molecular weight excluding hydrogens is 410 g/mol. The summed E-state index contributed by atoms with van der Waals surface area (Å²) in [6.45, 7) is 7.04. The fourth-order valence-corrected chi connectivity index (χ4v) is 4.55. The number of ether oxygens (including phenoxy) is 1. The molecule has 1 aromatic carbocycles. The first kappa shape index (κ1) is 18.7. The lowest BCUT2D eigenvalue weighted by Gasteiger charge is -2.26. The van der Waals surface area contributed by atoms with Gasteiger partial charge in [0.2, 0.25) is 5.43 Å². The molecule has 1 amide bonds. The predicted octanol–water partition coefficient (Wildman–Crippen LogP) is 2.33. The Balaban J connectivity index is 1.49. The van der Waals surface area contributed by atoms with Gasteiger partial charge in [0.25, 0.3) is 5.91 Å². The van der Waals surface area contributed by atoms with Gasteiger partial charge < -0.3 is 14.6 Å². The molecule has 0 radical (unpaired) electrons. The van der Waals surface area contributed by atoms with E-state index in [4.69, 9.17) is 4.74 Å². The number of hydrogen-bond donors (Lipinski definition) is 1. The van der Waals surface area contributed by atoms with Crippen molar-refractivity contribution in [1.82, 2.24) is 14.8 Å². The average Bonchev–Trinajstić information content (AvgIpc) is 2.97. The Hall–Kier alpha value is -1.70. The summed E-state index contributed by atoms with van der Waals surface area (Å²) in [5.74, 6) is -0.284. The molecule has 0 saturated carbocycles. The minimum atomic E-state index is -0.284. The number of benzene rings is 1. The van der Waals surface area contributed by atoms with E-state index in [1.54, 1.807) is 6.20 Å². The van der Waals surface area contributed by atoms with E-state index < -0.39 is 0 Å². The lowest BCUT2D eigenvalue weighted by Crippen LogP contribution is -2.38. The van der Waals surface area contributed by atoms with Gasteiger partial charge in [-0.1, -0.05) is 15.9 Å². The molecule has 1 fully saturated rings. The molecule has 1 N–H and O–H groups in total. The minimum absolute atomic E-state index is 0.191. The van der Waals surface area contributed by atoms with Crippen molar-refractivity contribution in [3.05, 3.63) is 44.2 Å². The second kappa shape index (κ2) is 7.73. The number of carbonyl (C=O) groups excluding carboxylic acids is 1. The predicted molar refractivity (Wildman–Crippen MR) is 109 cm³/mol.